The van der Waals surface area contributed by atoms with Gasteiger partial charge in [0.25, 0.3) is 0 Å². The summed E-state index contributed by atoms with van der Waals surface area (Å²) < 4.78 is 14.0. The Labute approximate surface area is 117 Å². The predicted molar refractivity (Wildman–Crippen MR) is 78.0 cm³/mol. The van der Waals surface area contributed by atoms with Crippen LogP contribution >= 0.6 is 11.6 Å². The monoisotopic (exact) mass is 276 g/mol. The number of hydrogen-bond donors (Lipinski definition) is 1. The van der Waals surface area contributed by atoms with Gasteiger partial charge in [0.15, 0.2) is 0 Å². The van der Waals surface area contributed by atoms with Gasteiger partial charge in [-0.2, -0.15) is 0 Å². The van der Waals surface area contributed by atoms with Crippen LogP contribution in [0.3, 0.4) is 0 Å². The van der Waals surface area contributed by atoms with Gasteiger partial charge >= 0.3 is 0 Å². The summed E-state index contributed by atoms with van der Waals surface area (Å²) in [7, 11) is 0. The summed E-state index contributed by atoms with van der Waals surface area (Å²) in [5.74, 6) is -0.500. The zero-order valence-electron chi connectivity index (χ0n) is 10.7. The lowest BCUT2D eigenvalue weighted by Crippen LogP contribution is -1.91. The normalized spacial score (nSPS) is 11.2. The average Bonchev–Trinajstić information content (AvgIpc) is 2.35. The molecule has 0 spiro atoms. The van der Waals surface area contributed by atoms with E-state index in [0.29, 0.717) is 16.1 Å². The molecule has 0 radical (unpaired) electrons. The number of aromatic hydroxyl groups is 1. The molecule has 2 aromatic carbocycles. The van der Waals surface area contributed by atoms with Gasteiger partial charge in [-0.05, 0) is 49.2 Å². The van der Waals surface area contributed by atoms with Gasteiger partial charge in [0.2, 0.25) is 0 Å². The second-order valence-electron chi connectivity index (χ2n) is 4.32. The number of halogens is 2. The number of aryl methyl sites for hydroxylation is 1. The lowest BCUT2D eigenvalue weighted by atomic mass is 9.97. The van der Waals surface area contributed by atoms with Crippen LogP contribution in [0.5, 0.6) is 5.75 Å². The SMILES string of the molecule is CC=Cc1ccc(F)c(-c2ccc(Cl)cc2C)c1O. The van der Waals surface area contributed by atoms with Crippen molar-refractivity contribution in [3.05, 3.63) is 58.4 Å². The van der Waals surface area contributed by atoms with E-state index in [0.717, 1.165) is 5.56 Å². The van der Waals surface area contributed by atoms with E-state index >= 15 is 0 Å². The third-order valence-corrected chi connectivity index (χ3v) is 3.20. The highest BCUT2D eigenvalue weighted by Crippen LogP contribution is 2.37. The highest BCUT2D eigenvalue weighted by molar-refractivity contribution is 6.30. The smallest absolute Gasteiger partial charge is 0.134 e. The number of phenols is 1. The first-order chi connectivity index (χ1) is 9.04. The number of hydrogen-bond acceptors (Lipinski definition) is 1. The Kier molecular flexibility index (Phi) is 3.91. The Hall–Kier alpha value is -1.80. The van der Waals surface area contributed by atoms with Crippen molar-refractivity contribution < 1.29 is 9.50 Å². The van der Waals surface area contributed by atoms with Gasteiger partial charge < -0.3 is 5.11 Å². The third kappa shape index (κ3) is 2.64. The maximum atomic E-state index is 14.0. The van der Waals surface area contributed by atoms with Gasteiger partial charge in [-0.1, -0.05) is 29.8 Å². The fraction of sp³-hybridized carbons (Fsp3) is 0.125. The average molecular weight is 277 g/mol. The molecule has 0 amide bonds. The topological polar surface area (TPSA) is 20.2 Å². The van der Waals surface area contributed by atoms with E-state index in [9.17, 15) is 9.50 Å². The van der Waals surface area contributed by atoms with E-state index in [4.69, 9.17) is 11.6 Å². The second kappa shape index (κ2) is 5.45. The molecule has 98 valence electrons. The molecule has 0 aliphatic heterocycles. The Bertz CT molecular complexity index is 647. The summed E-state index contributed by atoms with van der Waals surface area (Å²) in [6.07, 6.45) is 3.54. The maximum absolute atomic E-state index is 14.0. The Morgan fingerprint density at radius 2 is 1.95 bits per heavy atom. The molecular weight excluding hydrogens is 263 g/mol. The molecule has 0 aromatic heterocycles. The Balaban J connectivity index is 2.70. The highest BCUT2D eigenvalue weighted by atomic mass is 35.5. The van der Waals surface area contributed by atoms with E-state index in [2.05, 4.69) is 0 Å². The molecule has 0 aliphatic carbocycles. The van der Waals surface area contributed by atoms with Gasteiger partial charge in [0, 0.05) is 10.6 Å². The van der Waals surface area contributed by atoms with Crippen LogP contribution in [0.1, 0.15) is 18.1 Å². The quantitative estimate of drug-likeness (QED) is 0.800. The number of allylic oxidation sites excluding steroid dienone is 1. The molecule has 0 atom stereocenters. The Morgan fingerprint density at radius 3 is 2.58 bits per heavy atom. The molecule has 3 heteroatoms. The Morgan fingerprint density at radius 1 is 1.21 bits per heavy atom. The van der Waals surface area contributed by atoms with Crippen molar-refractivity contribution >= 4 is 17.7 Å². The van der Waals surface area contributed by atoms with E-state index in [1.165, 1.54) is 6.07 Å². The van der Waals surface area contributed by atoms with Crippen LogP contribution in [-0.2, 0) is 0 Å². The van der Waals surface area contributed by atoms with Crippen molar-refractivity contribution in [2.75, 3.05) is 0 Å². The van der Waals surface area contributed by atoms with Crippen molar-refractivity contribution in [1.29, 1.82) is 0 Å². The van der Waals surface area contributed by atoms with Gasteiger partial charge in [-0.15, -0.1) is 0 Å². The molecule has 2 rings (SSSR count). The second-order valence-corrected chi connectivity index (χ2v) is 4.76. The van der Waals surface area contributed by atoms with Gasteiger partial charge in [0.05, 0.1) is 5.56 Å². The van der Waals surface area contributed by atoms with Crippen LogP contribution in [0.4, 0.5) is 4.39 Å². The summed E-state index contributed by atoms with van der Waals surface area (Å²) in [4.78, 5) is 0. The van der Waals surface area contributed by atoms with Crippen LogP contribution in [-0.4, -0.2) is 5.11 Å². The molecule has 2 aromatic rings. The fourth-order valence-corrected chi connectivity index (χ4v) is 2.29. The van der Waals surface area contributed by atoms with Crippen LogP contribution in [0.25, 0.3) is 17.2 Å². The summed E-state index contributed by atoms with van der Waals surface area (Å²) in [6.45, 7) is 3.68. The lowest BCUT2D eigenvalue weighted by Gasteiger charge is -2.12. The van der Waals surface area contributed by atoms with Crippen molar-refractivity contribution in [2.24, 2.45) is 0 Å². The first kappa shape index (κ1) is 13.6. The minimum absolute atomic E-state index is 0.0523. The minimum atomic E-state index is -0.448. The first-order valence-corrected chi connectivity index (χ1v) is 6.33. The van der Waals surface area contributed by atoms with E-state index in [-0.39, 0.29) is 11.3 Å². The molecule has 0 saturated heterocycles. The van der Waals surface area contributed by atoms with Gasteiger partial charge in [-0.25, -0.2) is 4.39 Å². The zero-order valence-corrected chi connectivity index (χ0v) is 11.5. The van der Waals surface area contributed by atoms with E-state index in [1.807, 2.05) is 13.8 Å². The molecule has 1 nitrogen and oxygen atoms in total. The zero-order chi connectivity index (χ0) is 14.0. The molecule has 0 fully saturated rings. The third-order valence-electron chi connectivity index (χ3n) is 2.96. The largest absolute Gasteiger partial charge is 0.507 e. The van der Waals surface area contributed by atoms with E-state index in [1.54, 1.807) is 36.4 Å². The highest BCUT2D eigenvalue weighted by Gasteiger charge is 2.15. The number of benzene rings is 2. The number of phenolic OH excluding ortho intramolecular Hbond substituents is 1. The van der Waals surface area contributed by atoms with Gasteiger partial charge in [0.1, 0.15) is 11.6 Å². The van der Waals surface area contributed by atoms with Crippen LogP contribution in [0.2, 0.25) is 5.02 Å². The van der Waals surface area contributed by atoms with Gasteiger partial charge in [-0.3, -0.25) is 0 Å². The predicted octanol–water partition coefficient (Wildman–Crippen LogP) is 5.19. The first-order valence-electron chi connectivity index (χ1n) is 5.95. The molecule has 0 aliphatic rings. The minimum Gasteiger partial charge on any atom is -0.507 e. The van der Waals surface area contributed by atoms with Crippen molar-refractivity contribution in [3.63, 3.8) is 0 Å². The molecule has 1 N–H and O–H groups in total. The number of rotatable bonds is 2. The summed E-state index contributed by atoms with van der Waals surface area (Å²) in [5, 5.41) is 10.8. The molecule has 0 saturated carbocycles. The maximum Gasteiger partial charge on any atom is 0.134 e. The molecule has 19 heavy (non-hydrogen) atoms. The molecule has 0 bridgehead atoms. The van der Waals surface area contributed by atoms with Crippen LogP contribution in [0.15, 0.2) is 36.4 Å². The molecule has 0 unspecified atom stereocenters. The van der Waals surface area contributed by atoms with Crippen LogP contribution in [0, 0.1) is 12.7 Å². The summed E-state index contributed by atoms with van der Waals surface area (Å²) in [6, 6.07) is 8.07. The summed E-state index contributed by atoms with van der Waals surface area (Å²) >= 11 is 5.90. The lowest BCUT2D eigenvalue weighted by molar-refractivity contribution is 0.470. The standard InChI is InChI=1S/C16H14ClFO/c1-3-4-11-5-8-14(18)15(16(11)19)13-7-6-12(17)9-10(13)2/h3-9,19H,1-2H3. The molecular formula is C16H14ClFO. The van der Waals surface area contributed by atoms with E-state index < -0.39 is 5.82 Å². The van der Waals surface area contributed by atoms with Crippen molar-refractivity contribution in [1.82, 2.24) is 0 Å². The van der Waals surface area contributed by atoms with Crippen LogP contribution < -0.4 is 0 Å². The fourth-order valence-electron chi connectivity index (χ4n) is 2.06. The van der Waals surface area contributed by atoms with Crippen molar-refractivity contribution in [2.45, 2.75) is 13.8 Å². The summed E-state index contributed by atoms with van der Waals surface area (Å²) in [5.41, 5.74) is 2.27. The molecule has 0 heterocycles. The van der Waals surface area contributed by atoms with Crippen molar-refractivity contribution in [3.8, 4) is 16.9 Å².